The standard InChI is InChI=1S/C17H29N3OS/c1-14(12-16-7-11-22-13-16)19-17(21)18-8-5-10-20-9-4-3-6-15(20)2/h7,11,13-15H,3-6,8-10,12H2,1-2H3,(H2,18,19,21)/t14-,15+/m1/s1. The first-order chi connectivity index (χ1) is 10.6. The van der Waals surface area contributed by atoms with Gasteiger partial charge in [0.05, 0.1) is 0 Å². The van der Waals surface area contributed by atoms with Crippen molar-refractivity contribution < 1.29 is 4.79 Å². The van der Waals surface area contributed by atoms with E-state index in [9.17, 15) is 4.79 Å². The van der Waals surface area contributed by atoms with Gasteiger partial charge >= 0.3 is 6.03 Å². The molecule has 1 saturated heterocycles. The first-order valence-electron chi connectivity index (χ1n) is 8.44. The molecule has 0 bridgehead atoms. The van der Waals surface area contributed by atoms with Crippen molar-refractivity contribution in [2.24, 2.45) is 0 Å². The summed E-state index contributed by atoms with van der Waals surface area (Å²) >= 11 is 1.70. The van der Waals surface area contributed by atoms with Crippen LogP contribution in [0.15, 0.2) is 16.8 Å². The zero-order valence-electron chi connectivity index (χ0n) is 13.8. The Morgan fingerprint density at radius 2 is 2.36 bits per heavy atom. The molecule has 22 heavy (non-hydrogen) atoms. The Morgan fingerprint density at radius 1 is 1.50 bits per heavy atom. The van der Waals surface area contributed by atoms with E-state index in [1.165, 1.54) is 31.4 Å². The molecule has 0 aromatic carbocycles. The van der Waals surface area contributed by atoms with Crippen LogP contribution >= 0.6 is 11.3 Å². The van der Waals surface area contributed by atoms with Gasteiger partial charge in [-0.05, 0) is 68.5 Å². The highest BCUT2D eigenvalue weighted by molar-refractivity contribution is 7.07. The van der Waals surface area contributed by atoms with E-state index in [1.54, 1.807) is 11.3 Å². The summed E-state index contributed by atoms with van der Waals surface area (Å²) in [5.41, 5.74) is 1.29. The third kappa shape index (κ3) is 5.97. The highest BCUT2D eigenvalue weighted by Crippen LogP contribution is 2.16. The Kier molecular flexibility index (Phi) is 7.19. The number of rotatable bonds is 7. The number of amides is 2. The smallest absolute Gasteiger partial charge is 0.315 e. The second kappa shape index (κ2) is 9.16. The van der Waals surface area contributed by atoms with E-state index in [-0.39, 0.29) is 12.1 Å². The van der Waals surface area contributed by atoms with Crippen molar-refractivity contribution in [3.8, 4) is 0 Å². The van der Waals surface area contributed by atoms with Gasteiger partial charge < -0.3 is 15.5 Å². The molecule has 1 aliphatic rings. The molecule has 0 unspecified atom stereocenters. The second-order valence-electron chi connectivity index (χ2n) is 6.37. The number of piperidine rings is 1. The summed E-state index contributed by atoms with van der Waals surface area (Å²) in [6.07, 6.45) is 5.91. The molecule has 1 aromatic heterocycles. The molecule has 0 saturated carbocycles. The van der Waals surface area contributed by atoms with Crippen molar-refractivity contribution in [1.82, 2.24) is 15.5 Å². The summed E-state index contributed by atoms with van der Waals surface area (Å²) in [5.74, 6) is 0. The second-order valence-corrected chi connectivity index (χ2v) is 7.15. The maximum atomic E-state index is 11.9. The minimum atomic E-state index is -0.0468. The Bertz CT molecular complexity index is 435. The van der Waals surface area contributed by atoms with Gasteiger partial charge in [-0.1, -0.05) is 6.42 Å². The average molecular weight is 324 g/mol. The molecule has 2 rings (SSSR count). The van der Waals surface area contributed by atoms with Crippen LogP contribution in [0.25, 0.3) is 0 Å². The summed E-state index contributed by atoms with van der Waals surface area (Å²) in [6.45, 7) is 7.41. The number of thiophene rings is 1. The summed E-state index contributed by atoms with van der Waals surface area (Å²) in [5, 5.41) is 10.2. The first kappa shape index (κ1) is 17.3. The predicted octanol–water partition coefficient (Wildman–Crippen LogP) is 3.24. The summed E-state index contributed by atoms with van der Waals surface area (Å²) in [4.78, 5) is 14.4. The number of nitrogens with one attached hydrogen (secondary N) is 2. The van der Waals surface area contributed by atoms with Crippen LogP contribution in [0.3, 0.4) is 0 Å². The van der Waals surface area contributed by atoms with Crippen LogP contribution in [-0.2, 0) is 6.42 Å². The molecule has 1 fully saturated rings. The van der Waals surface area contributed by atoms with Crippen LogP contribution in [0.4, 0.5) is 4.79 Å². The van der Waals surface area contributed by atoms with E-state index in [4.69, 9.17) is 0 Å². The maximum Gasteiger partial charge on any atom is 0.315 e. The number of nitrogens with zero attached hydrogens (tertiary/aromatic N) is 1. The minimum Gasteiger partial charge on any atom is -0.338 e. The molecule has 0 aliphatic carbocycles. The van der Waals surface area contributed by atoms with Crippen molar-refractivity contribution in [2.75, 3.05) is 19.6 Å². The Labute approximate surface area is 138 Å². The number of hydrogen-bond donors (Lipinski definition) is 2. The van der Waals surface area contributed by atoms with Gasteiger partial charge in [-0.3, -0.25) is 0 Å². The SMILES string of the molecule is C[C@H](Cc1ccsc1)NC(=O)NCCCN1CCCC[C@@H]1C. The van der Waals surface area contributed by atoms with Crippen LogP contribution in [0.2, 0.25) is 0 Å². The fraction of sp³-hybridized carbons (Fsp3) is 0.706. The van der Waals surface area contributed by atoms with E-state index in [2.05, 4.69) is 39.3 Å². The van der Waals surface area contributed by atoms with Crippen molar-refractivity contribution in [3.63, 3.8) is 0 Å². The van der Waals surface area contributed by atoms with Crippen LogP contribution in [0.5, 0.6) is 0 Å². The third-order valence-corrected chi connectivity index (χ3v) is 5.08. The average Bonchev–Trinajstić information content (AvgIpc) is 2.98. The van der Waals surface area contributed by atoms with Crippen molar-refractivity contribution in [3.05, 3.63) is 22.4 Å². The molecule has 2 amide bonds. The lowest BCUT2D eigenvalue weighted by Crippen LogP contribution is -2.43. The van der Waals surface area contributed by atoms with Crippen LogP contribution in [-0.4, -0.2) is 42.6 Å². The van der Waals surface area contributed by atoms with E-state index >= 15 is 0 Å². The zero-order chi connectivity index (χ0) is 15.8. The van der Waals surface area contributed by atoms with E-state index in [0.717, 1.165) is 25.9 Å². The molecule has 2 atom stereocenters. The third-order valence-electron chi connectivity index (χ3n) is 4.35. The quantitative estimate of drug-likeness (QED) is 0.757. The van der Waals surface area contributed by atoms with Crippen LogP contribution in [0, 0.1) is 0 Å². The van der Waals surface area contributed by atoms with Crippen molar-refractivity contribution in [1.29, 1.82) is 0 Å². The molecule has 0 radical (unpaired) electrons. The van der Waals surface area contributed by atoms with Gasteiger partial charge in [-0.25, -0.2) is 4.79 Å². The van der Waals surface area contributed by atoms with E-state index in [1.807, 2.05) is 6.92 Å². The number of urea groups is 1. The van der Waals surface area contributed by atoms with E-state index in [0.29, 0.717) is 6.04 Å². The van der Waals surface area contributed by atoms with E-state index < -0.39 is 0 Å². The Balaban J connectivity index is 1.55. The highest BCUT2D eigenvalue weighted by Gasteiger charge is 2.17. The normalized spacial score (nSPS) is 20.5. The molecule has 5 heteroatoms. The maximum absolute atomic E-state index is 11.9. The van der Waals surface area contributed by atoms with Crippen molar-refractivity contribution in [2.45, 2.75) is 58.0 Å². The van der Waals surface area contributed by atoms with Gasteiger partial charge in [0.25, 0.3) is 0 Å². The van der Waals surface area contributed by atoms with Gasteiger partial charge in [0.2, 0.25) is 0 Å². The Morgan fingerprint density at radius 3 is 3.09 bits per heavy atom. The van der Waals surface area contributed by atoms with Crippen LogP contribution in [0.1, 0.15) is 45.1 Å². The summed E-state index contributed by atoms with van der Waals surface area (Å²) in [7, 11) is 0. The van der Waals surface area contributed by atoms with Crippen LogP contribution < -0.4 is 10.6 Å². The number of likely N-dealkylation sites (tertiary alicyclic amines) is 1. The fourth-order valence-corrected chi connectivity index (χ4v) is 3.74. The molecule has 0 spiro atoms. The fourth-order valence-electron chi connectivity index (χ4n) is 3.06. The molecule has 1 aromatic rings. The molecule has 4 nitrogen and oxygen atoms in total. The number of hydrogen-bond acceptors (Lipinski definition) is 3. The summed E-state index contributed by atoms with van der Waals surface area (Å²) < 4.78 is 0. The molecular formula is C17H29N3OS. The lowest BCUT2D eigenvalue weighted by atomic mass is 10.0. The van der Waals surface area contributed by atoms with Gasteiger partial charge in [0.15, 0.2) is 0 Å². The highest BCUT2D eigenvalue weighted by atomic mass is 32.1. The molecule has 2 heterocycles. The topological polar surface area (TPSA) is 44.4 Å². The van der Waals surface area contributed by atoms with Gasteiger partial charge in [-0.15, -0.1) is 0 Å². The summed E-state index contributed by atoms with van der Waals surface area (Å²) in [6, 6.07) is 2.93. The molecule has 1 aliphatic heterocycles. The lowest BCUT2D eigenvalue weighted by molar-refractivity contribution is 0.159. The predicted molar refractivity (Wildman–Crippen MR) is 93.5 cm³/mol. The Hall–Kier alpha value is -1.07. The van der Waals surface area contributed by atoms with Gasteiger partial charge in [-0.2, -0.15) is 11.3 Å². The van der Waals surface area contributed by atoms with Gasteiger partial charge in [0.1, 0.15) is 0 Å². The molecular weight excluding hydrogens is 294 g/mol. The number of carbonyl (C=O) groups is 1. The monoisotopic (exact) mass is 323 g/mol. The minimum absolute atomic E-state index is 0.0468. The van der Waals surface area contributed by atoms with Gasteiger partial charge in [0, 0.05) is 25.2 Å². The molecule has 2 N–H and O–H groups in total. The zero-order valence-corrected chi connectivity index (χ0v) is 14.6. The lowest BCUT2D eigenvalue weighted by Gasteiger charge is -2.33. The molecule has 124 valence electrons. The number of carbonyl (C=O) groups excluding carboxylic acids is 1. The van der Waals surface area contributed by atoms with Crippen molar-refractivity contribution >= 4 is 17.4 Å². The first-order valence-corrected chi connectivity index (χ1v) is 9.39. The largest absolute Gasteiger partial charge is 0.338 e.